The lowest BCUT2D eigenvalue weighted by molar-refractivity contribution is 0.0529. The number of hydrogen-bond donors (Lipinski definition) is 3. The minimum Gasteiger partial charge on any atom is -0.481 e. The minimum atomic E-state index is -0.501. The molecular weight excluding hydrogens is 449 g/mol. The second-order valence-corrected chi connectivity index (χ2v) is 6.26. The first kappa shape index (κ1) is 24.2. The molecule has 0 spiro atoms. The molecule has 0 unspecified atom stereocenters. The van der Waals surface area contributed by atoms with Crippen molar-refractivity contribution in [2.75, 3.05) is 26.7 Å². The van der Waals surface area contributed by atoms with E-state index in [1.165, 1.54) is 0 Å². The third-order valence-corrected chi connectivity index (χ3v) is 2.86. The van der Waals surface area contributed by atoms with Crippen molar-refractivity contribution in [3.63, 3.8) is 0 Å². The van der Waals surface area contributed by atoms with Crippen molar-refractivity contribution in [2.24, 2.45) is 4.99 Å². The van der Waals surface area contributed by atoms with E-state index >= 15 is 0 Å². The zero-order chi connectivity index (χ0) is 18.7. The minimum absolute atomic E-state index is 0. The molecule has 1 aromatic rings. The van der Waals surface area contributed by atoms with E-state index in [1.54, 1.807) is 13.3 Å². The van der Waals surface area contributed by atoms with Crippen LogP contribution < -0.4 is 20.7 Å². The number of halogens is 1. The summed E-state index contributed by atoms with van der Waals surface area (Å²) >= 11 is 0. The average Bonchev–Trinajstić information content (AvgIpc) is 2.55. The highest BCUT2D eigenvalue weighted by molar-refractivity contribution is 14.0. The van der Waals surface area contributed by atoms with E-state index in [-0.39, 0.29) is 24.0 Å². The molecule has 148 valence electrons. The highest BCUT2D eigenvalue weighted by atomic mass is 127. The molecule has 8 nitrogen and oxygen atoms in total. The van der Waals surface area contributed by atoms with Crippen molar-refractivity contribution in [1.82, 2.24) is 20.9 Å². The van der Waals surface area contributed by atoms with Gasteiger partial charge >= 0.3 is 6.09 Å². The highest BCUT2D eigenvalue weighted by Crippen LogP contribution is 2.09. The van der Waals surface area contributed by atoms with Crippen LogP contribution in [0.2, 0.25) is 0 Å². The number of pyridine rings is 1. The van der Waals surface area contributed by atoms with E-state index in [2.05, 4.69) is 25.9 Å². The summed E-state index contributed by atoms with van der Waals surface area (Å²) in [5.41, 5.74) is 0.496. The molecule has 26 heavy (non-hydrogen) atoms. The molecule has 9 heteroatoms. The topological polar surface area (TPSA) is 96.9 Å². The van der Waals surface area contributed by atoms with Crippen molar-refractivity contribution in [1.29, 1.82) is 0 Å². The Hall–Kier alpha value is -1.78. The van der Waals surface area contributed by atoms with Gasteiger partial charge in [-0.3, -0.25) is 0 Å². The molecule has 0 saturated heterocycles. The number of guanidine groups is 1. The van der Waals surface area contributed by atoms with Crippen molar-refractivity contribution in [2.45, 2.75) is 39.8 Å². The number of carbonyl (C=O) groups is 1. The number of aromatic nitrogens is 1. The molecule has 0 aromatic carbocycles. The van der Waals surface area contributed by atoms with E-state index < -0.39 is 11.7 Å². The summed E-state index contributed by atoms with van der Waals surface area (Å²) in [6, 6.07) is 3.73. The van der Waals surface area contributed by atoms with Gasteiger partial charge in [0.15, 0.2) is 5.96 Å². The fraction of sp³-hybridized carbons (Fsp3) is 0.588. The molecular formula is C17H30IN5O3. The molecule has 0 aliphatic carbocycles. The van der Waals surface area contributed by atoms with Crippen LogP contribution in [0.5, 0.6) is 5.88 Å². The third-order valence-electron chi connectivity index (χ3n) is 2.86. The molecule has 0 saturated carbocycles. The second-order valence-electron chi connectivity index (χ2n) is 6.26. The van der Waals surface area contributed by atoms with Crippen molar-refractivity contribution in [3.8, 4) is 5.88 Å². The van der Waals surface area contributed by atoms with Gasteiger partial charge in [-0.2, -0.15) is 0 Å². The van der Waals surface area contributed by atoms with Crippen LogP contribution in [0.25, 0.3) is 0 Å². The van der Waals surface area contributed by atoms with E-state index in [4.69, 9.17) is 9.47 Å². The van der Waals surface area contributed by atoms with Gasteiger partial charge in [0.05, 0.1) is 13.7 Å². The van der Waals surface area contributed by atoms with Crippen LogP contribution in [0.3, 0.4) is 0 Å². The van der Waals surface area contributed by atoms with Gasteiger partial charge in [0.25, 0.3) is 0 Å². The maximum absolute atomic E-state index is 11.6. The van der Waals surface area contributed by atoms with Gasteiger partial charge in [0.1, 0.15) is 5.60 Å². The number of aliphatic imine (C=N–C) groups is 1. The number of nitrogens with one attached hydrogen (secondary N) is 3. The van der Waals surface area contributed by atoms with E-state index in [9.17, 15) is 4.79 Å². The summed E-state index contributed by atoms with van der Waals surface area (Å²) in [5.74, 6) is 1.23. The monoisotopic (exact) mass is 479 g/mol. The fourth-order valence-corrected chi connectivity index (χ4v) is 1.83. The largest absolute Gasteiger partial charge is 0.481 e. The first-order chi connectivity index (χ1) is 11.8. The van der Waals surface area contributed by atoms with E-state index in [1.807, 2.05) is 39.8 Å². The van der Waals surface area contributed by atoms with Crippen molar-refractivity contribution < 1.29 is 14.3 Å². The molecule has 1 rings (SSSR count). The molecule has 0 bridgehead atoms. The number of methoxy groups -OCH3 is 1. The number of hydrogen-bond acceptors (Lipinski definition) is 5. The lowest BCUT2D eigenvalue weighted by atomic mass is 10.2. The van der Waals surface area contributed by atoms with Crippen LogP contribution in [-0.4, -0.2) is 49.4 Å². The van der Waals surface area contributed by atoms with Gasteiger partial charge in [0.2, 0.25) is 5.88 Å². The van der Waals surface area contributed by atoms with Crippen LogP contribution in [0.4, 0.5) is 4.79 Å². The lowest BCUT2D eigenvalue weighted by Crippen LogP contribution is -2.42. The summed E-state index contributed by atoms with van der Waals surface area (Å²) in [6.07, 6.45) is 1.26. The zero-order valence-corrected chi connectivity index (χ0v) is 18.4. The zero-order valence-electron chi connectivity index (χ0n) is 16.1. The predicted octanol–water partition coefficient (Wildman–Crippen LogP) is 2.29. The predicted molar refractivity (Wildman–Crippen MR) is 113 cm³/mol. The Morgan fingerprint density at radius 2 is 1.92 bits per heavy atom. The van der Waals surface area contributed by atoms with Gasteiger partial charge in [0, 0.05) is 31.9 Å². The van der Waals surface area contributed by atoms with Gasteiger partial charge in [-0.25, -0.2) is 14.8 Å². The number of carbonyl (C=O) groups excluding carboxylic acids is 1. The van der Waals surface area contributed by atoms with Gasteiger partial charge in [-0.15, -0.1) is 24.0 Å². The summed E-state index contributed by atoms with van der Waals surface area (Å²) in [4.78, 5) is 20.1. The van der Waals surface area contributed by atoms with E-state index in [0.29, 0.717) is 31.5 Å². The molecule has 1 aromatic heterocycles. The summed E-state index contributed by atoms with van der Waals surface area (Å²) in [6.45, 7) is 9.68. The Kier molecular flexibility index (Phi) is 11.7. The molecule has 1 amide bonds. The number of ether oxygens (including phenoxy) is 2. The second kappa shape index (κ2) is 12.6. The summed E-state index contributed by atoms with van der Waals surface area (Å²) in [7, 11) is 1.58. The van der Waals surface area contributed by atoms with E-state index in [0.717, 1.165) is 12.1 Å². The highest BCUT2D eigenvalue weighted by Gasteiger charge is 2.15. The van der Waals surface area contributed by atoms with Crippen LogP contribution in [0.1, 0.15) is 33.3 Å². The van der Waals surface area contributed by atoms with Crippen LogP contribution >= 0.6 is 24.0 Å². The quantitative estimate of drug-likeness (QED) is 0.240. The van der Waals surface area contributed by atoms with Crippen LogP contribution in [0.15, 0.2) is 23.3 Å². The Balaban J connectivity index is 0.00000625. The SMILES string of the molecule is CCNC(=NCc1ccnc(OC)c1)NCCNC(=O)OC(C)(C)C.I. The van der Waals surface area contributed by atoms with Gasteiger partial charge in [-0.05, 0) is 39.3 Å². The maximum Gasteiger partial charge on any atom is 0.407 e. The first-order valence-corrected chi connectivity index (χ1v) is 8.32. The smallest absolute Gasteiger partial charge is 0.407 e. The third kappa shape index (κ3) is 11.0. The van der Waals surface area contributed by atoms with Crippen molar-refractivity contribution in [3.05, 3.63) is 23.9 Å². The summed E-state index contributed by atoms with van der Waals surface area (Å²) < 4.78 is 10.3. The Morgan fingerprint density at radius 1 is 1.23 bits per heavy atom. The standard InChI is InChI=1S/C17H29N5O3.HI/c1-6-18-15(20-9-10-21-16(23)25-17(2,3)4)22-12-13-7-8-19-14(11-13)24-5;/h7-8,11H,6,9-10,12H2,1-5H3,(H,21,23)(H2,18,20,22);1H. The number of nitrogens with zero attached hydrogens (tertiary/aromatic N) is 2. The Bertz CT molecular complexity index is 576. The molecule has 1 heterocycles. The molecule has 0 radical (unpaired) electrons. The van der Waals surface area contributed by atoms with Crippen LogP contribution in [-0.2, 0) is 11.3 Å². The normalized spacial score (nSPS) is 11.2. The van der Waals surface area contributed by atoms with Gasteiger partial charge in [-0.1, -0.05) is 0 Å². The molecule has 0 atom stereocenters. The fourth-order valence-electron chi connectivity index (χ4n) is 1.83. The molecule has 0 fully saturated rings. The average molecular weight is 479 g/mol. The van der Waals surface area contributed by atoms with Crippen molar-refractivity contribution >= 4 is 36.0 Å². The Morgan fingerprint density at radius 3 is 2.54 bits per heavy atom. The first-order valence-electron chi connectivity index (χ1n) is 8.32. The molecule has 0 aliphatic heterocycles. The summed E-state index contributed by atoms with van der Waals surface area (Å²) in [5, 5.41) is 9.01. The number of amides is 1. The van der Waals surface area contributed by atoms with Gasteiger partial charge < -0.3 is 25.4 Å². The molecule has 0 aliphatic rings. The van der Waals surface area contributed by atoms with Crippen LogP contribution in [0, 0.1) is 0 Å². The maximum atomic E-state index is 11.6. The number of rotatable bonds is 7. The molecule has 3 N–H and O–H groups in total. The lowest BCUT2D eigenvalue weighted by Gasteiger charge is -2.19. The number of alkyl carbamates (subject to hydrolysis) is 1. The Labute approximate surface area is 172 Å².